The second-order valence-corrected chi connectivity index (χ2v) is 11.9. The van der Waals surface area contributed by atoms with Crippen molar-refractivity contribution in [3.8, 4) is 0 Å². The van der Waals surface area contributed by atoms with E-state index < -0.39 is 11.3 Å². The number of hydrogen-bond donors (Lipinski definition) is 2. The minimum Gasteiger partial charge on any atom is -0.332 e. The van der Waals surface area contributed by atoms with Gasteiger partial charge in [-0.05, 0) is 89.2 Å². The lowest BCUT2D eigenvalue weighted by atomic mass is 9.53. The molecule has 4 aliphatic rings. The molecule has 3 amide bonds. The van der Waals surface area contributed by atoms with E-state index in [4.69, 9.17) is 0 Å². The number of carbonyl (C=O) groups is 2. The number of rotatable bonds is 5. The van der Waals surface area contributed by atoms with Crippen LogP contribution >= 0.6 is 11.8 Å². The Bertz CT molecular complexity index is 1120. The van der Waals surface area contributed by atoms with Gasteiger partial charge in [0.2, 0.25) is 5.91 Å². The predicted octanol–water partition coefficient (Wildman–Crippen LogP) is 4.25. The second kappa shape index (κ2) is 8.46. The van der Waals surface area contributed by atoms with Gasteiger partial charge in [-0.15, -0.1) is 0 Å². The molecule has 0 radical (unpaired) electrons. The number of benzene rings is 1. The van der Waals surface area contributed by atoms with E-state index in [1.807, 2.05) is 26.0 Å². The average Bonchev–Trinajstić information content (AvgIpc) is 2.72. The number of nitrogens with one attached hydrogen (secondary N) is 2. The Morgan fingerprint density at radius 1 is 1.06 bits per heavy atom. The summed E-state index contributed by atoms with van der Waals surface area (Å²) in [6, 6.07) is 6.72. The van der Waals surface area contributed by atoms with Crippen LogP contribution in [0, 0.1) is 17.8 Å². The minimum atomic E-state index is -0.579. The first-order chi connectivity index (χ1) is 15.7. The molecule has 176 valence electrons. The molecule has 4 fully saturated rings. The van der Waals surface area contributed by atoms with E-state index in [2.05, 4.69) is 15.6 Å². The van der Waals surface area contributed by atoms with Gasteiger partial charge in [0.05, 0.1) is 16.2 Å². The fourth-order valence-electron chi connectivity index (χ4n) is 6.63. The Morgan fingerprint density at radius 2 is 1.67 bits per heavy atom. The van der Waals surface area contributed by atoms with Crippen LogP contribution in [0.25, 0.3) is 10.9 Å². The van der Waals surface area contributed by atoms with Gasteiger partial charge in [-0.2, -0.15) is 0 Å². The quantitative estimate of drug-likeness (QED) is 0.505. The lowest BCUT2D eigenvalue weighted by molar-refractivity contribution is -0.119. The number of thioether (sulfide) groups is 1. The Kier molecular flexibility index (Phi) is 5.75. The first-order valence-electron chi connectivity index (χ1n) is 12.0. The highest BCUT2D eigenvalue weighted by molar-refractivity contribution is 8.00. The molecule has 6 rings (SSSR count). The van der Waals surface area contributed by atoms with Gasteiger partial charge in [-0.1, -0.05) is 23.9 Å². The first kappa shape index (κ1) is 22.4. The van der Waals surface area contributed by atoms with Gasteiger partial charge >= 0.3 is 6.03 Å². The van der Waals surface area contributed by atoms with Gasteiger partial charge in [0.25, 0.3) is 5.56 Å². The molecule has 0 saturated heterocycles. The molecule has 7 nitrogen and oxygen atoms in total. The molecule has 2 aromatic rings. The molecule has 1 atom stereocenters. The largest absolute Gasteiger partial charge is 0.332 e. The maximum atomic E-state index is 13.0. The molecule has 1 aromatic heterocycles. The molecule has 8 heteroatoms. The van der Waals surface area contributed by atoms with E-state index in [1.165, 1.54) is 31.0 Å². The molecule has 4 aliphatic carbocycles. The summed E-state index contributed by atoms with van der Waals surface area (Å²) in [4.78, 5) is 43.3. The molecule has 0 aliphatic heterocycles. The summed E-state index contributed by atoms with van der Waals surface area (Å²) in [7, 11) is 0. The first-order valence-corrected chi connectivity index (χ1v) is 12.9. The molecule has 33 heavy (non-hydrogen) atoms. The van der Waals surface area contributed by atoms with Crippen LogP contribution in [0.15, 0.2) is 34.2 Å². The molecule has 1 heterocycles. The number of aromatic nitrogens is 2. The predicted molar refractivity (Wildman–Crippen MR) is 129 cm³/mol. The summed E-state index contributed by atoms with van der Waals surface area (Å²) in [5.41, 5.74) is 0.340. The number of amides is 3. The Balaban J connectivity index is 1.28. The Morgan fingerprint density at radius 3 is 2.27 bits per heavy atom. The second-order valence-electron chi connectivity index (χ2n) is 10.6. The summed E-state index contributed by atoms with van der Waals surface area (Å²) >= 11 is 1.21. The van der Waals surface area contributed by atoms with E-state index in [-0.39, 0.29) is 23.0 Å². The zero-order valence-corrected chi connectivity index (χ0v) is 20.3. The highest BCUT2D eigenvalue weighted by Gasteiger charge is 2.51. The molecule has 0 spiro atoms. The molecular formula is C25H32N4O3S. The highest BCUT2D eigenvalue weighted by atomic mass is 32.2. The van der Waals surface area contributed by atoms with Crippen molar-refractivity contribution < 1.29 is 9.59 Å². The molecule has 2 N–H and O–H groups in total. The van der Waals surface area contributed by atoms with Crippen molar-refractivity contribution in [2.75, 3.05) is 0 Å². The number of nitrogens with zero attached hydrogens (tertiary/aromatic N) is 2. The van der Waals surface area contributed by atoms with E-state index >= 15 is 0 Å². The van der Waals surface area contributed by atoms with Gasteiger partial charge in [0.15, 0.2) is 5.16 Å². The zero-order chi connectivity index (χ0) is 23.3. The summed E-state index contributed by atoms with van der Waals surface area (Å²) in [6.07, 6.45) is 6.99. The van der Waals surface area contributed by atoms with Crippen molar-refractivity contribution in [3.63, 3.8) is 0 Å². The van der Waals surface area contributed by atoms with Crippen molar-refractivity contribution in [3.05, 3.63) is 34.6 Å². The van der Waals surface area contributed by atoms with Crippen LogP contribution in [-0.4, -0.2) is 32.3 Å². The fourth-order valence-corrected chi connectivity index (χ4v) is 7.67. The van der Waals surface area contributed by atoms with Gasteiger partial charge < -0.3 is 5.32 Å². The lowest BCUT2D eigenvalue weighted by Crippen LogP contribution is -2.62. The topological polar surface area (TPSA) is 93.1 Å². The third kappa shape index (κ3) is 4.29. The summed E-state index contributed by atoms with van der Waals surface area (Å²) in [5.74, 6) is 1.77. The third-order valence-electron chi connectivity index (χ3n) is 7.60. The van der Waals surface area contributed by atoms with Crippen LogP contribution in [0.1, 0.15) is 65.3 Å². The smallest absolute Gasteiger partial charge is 0.321 e. The molecule has 0 unspecified atom stereocenters. The number of imide groups is 1. The number of carbonyl (C=O) groups excluding carboxylic acids is 2. The van der Waals surface area contributed by atoms with Crippen LogP contribution in [0.2, 0.25) is 0 Å². The molecule has 1 aromatic carbocycles. The number of urea groups is 1. The van der Waals surface area contributed by atoms with Crippen molar-refractivity contribution >= 4 is 34.6 Å². The molecule has 4 bridgehead atoms. The maximum absolute atomic E-state index is 13.0. The van der Waals surface area contributed by atoms with Crippen LogP contribution in [0.5, 0.6) is 0 Å². The van der Waals surface area contributed by atoms with E-state index in [9.17, 15) is 14.4 Å². The van der Waals surface area contributed by atoms with Crippen molar-refractivity contribution in [1.29, 1.82) is 0 Å². The number of hydrogen-bond acceptors (Lipinski definition) is 5. The van der Waals surface area contributed by atoms with Crippen LogP contribution in [0.4, 0.5) is 4.79 Å². The third-order valence-corrected chi connectivity index (χ3v) is 8.66. The monoisotopic (exact) mass is 468 g/mol. The van der Waals surface area contributed by atoms with Crippen LogP contribution in [0.3, 0.4) is 0 Å². The van der Waals surface area contributed by atoms with Gasteiger partial charge in [0.1, 0.15) is 0 Å². The SMILES string of the molecule is CC(C)n1c(S[C@@H](C)C(=O)NC(=O)NC23CC4CC(CC(C4)C2)C3)nc2ccccc2c1=O. The zero-order valence-electron chi connectivity index (χ0n) is 19.5. The highest BCUT2D eigenvalue weighted by Crippen LogP contribution is 2.55. The summed E-state index contributed by atoms with van der Waals surface area (Å²) in [6.45, 7) is 5.58. The van der Waals surface area contributed by atoms with Gasteiger partial charge in [-0.25, -0.2) is 9.78 Å². The maximum Gasteiger partial charge on any atom is 0.321 e. The number of fused-ring (bicyclic) bond motifs is 1. The Hall–Kier alpha value is -2.35. The van der Waals surface area contributed by atoms with Crippen LogP contribution < -0.4 is 16.2 Å². The normalized spacial score (nSPS) is 28.8. The van der Waals surface area contributed by atoms with Crippen molar-refractivity contribution in [1.82, 2.24) is 20.2 Å². The van der Waals surface area contributed by atoms with Crippen LogP contribution in [-0.2, 0) is 4.79 Å². The Labute approximate surface area is 198 Å². The standard InChI is InChI=1S/C25H32N4O3S/c1-14(2)29-22(31)19-6-4-5-7-20(19)26-24(29)33-15(3)21(30)27-23(32)28-25-11-16-8-17(12-25)10-18(9-16)13-25/h4-7,14-18H,8-13H2,1-3H3,(H2,27,28,30,32)/t15-,16?,17?,18?,25?/m0/s1. The minimum absolute atomic E-state index is 0.105. The molecular weight excluding hydrogens is 436 g/mol. The number of para-hydroxylation sites is 1. The van der Waals surface area contributed by atoms with Crippen molar-refractivity contribution in [2.24, 2.45) is 17.8 Å². The van der Waals surface area contributed by atoms with E-state index in [1.54, 1.807) is 23.6 Å². The fraction of sp³-hybridized carbons (Fsp3) is 0.600. The van der Waals surface area contributed by atoms with E-state index in [0.29, 0.717) is 33.8 Å². The summed E-state index contributed by atoms with van der Waals surface area (Å²) < 4.78 is 1.62. The average molecular weight is 469 g/mol. The van der Waals surface area contributed by atoms with E-state index in [0.717, 1.165) is 19.3 Å². The summed E-state index contributed by atoms with van der Waals surface area (Å²) in [5, 5.41) is 6.20. The van der Waals surface area contributed by atoms with Gasteiger partial charge in [-0.3, -0.25) is 19.5 Å². The lowest BCUT2D eigenvalue weighted by Gasteiger charge is -2.56. The van der Waals surface area contributed by atoms with Gasteiger partial charge in [0, 0.05) is 11.6 Å². The molecule has 4 saturated carbocycles. The van der Waals surface area contributed by atoms with Crippen molar-refractivity contribution in [2.45, 2.75) is 81.3 Å².